The minimum absolute atomic E-state index is 0.0695. The van der Waals surface area contributed by atoms with E-state index < -0.39 is 20.0 Å². The van der Waals surface area contributed by atoms with Gasteiger partial charge < -0.3 is 21.1 Å². The largest absolute Gasteiger partial charge is 0.472 e. The predicted molar refractivity (Wildman–Crippen MR) is 249 cm³/mol. The third-order valence-corrected chi connectivity index (χ3v) is 10.7. The van der Waals surface area contributed by atoms with Crippen molar-refractivity contribution in [3.05, 3.63) is 85.1 Å². The average Bonchev–Trinajstić information content (AvgIpc) is 3.21. The van der Waals surface area contributed by atoms with Crippen LogP contribution in [-0.2, 0) is 18.4 Å². The number of hydrogen-bond donors (Lipinski definition) is 4. The molecule has 0 aliphatic rings. The number of phosphoric ester groups is 1. The molecule has 9 heteroatoms. The fourth-order valence-electron chi connectivity index (χ4n) is 6.25. The van der Waals surface area contributed by atoms with Crippen LogP contribution in [0.1, 0.15) is 187 Å². The number of hydrogen-bond acceptors (Lipinski definition) is 6. The van der Waals surface area contributed by atoms with E-state index in [1.54, 1.807) is 6.08 Å². The van der Waals surface area contributed by atoms with Crippen LogP contribution in [-0.4, -0.2) is 47.8 Å². The first-order valence-electron chi connectivity index (χ1n) is 23.2. The van der Waals surface area contributed by atoms with Gasteiger partial charge in [-0.1, -0.05) is 195 Å². The zero-order valence-corrected chi connectivity index (χ0v) is 37.9. The van der Waals surface area contributed by atoms with Crippen LogP contribution >= 0.6 is 7.82 Å². The van der Waals surface area contributed by atoms with Crippen molar-refractivity contribution in [2.45, 2.75) is 199 Å². The fraction of sp³-hybridized carbons (Fsp3) is 0.694. The lowest BCUT2D eigenvalue weighted by molar-refractivity contribution is -0.123. The number of phosphoric acid groups is 1. The van der Waals surface area contributed by atoms with Crippen molar-refractivity contribution >= 4 is 13.7 Å². The minimum Gasteiger partial charge on any atom is -0.387 e. The lowest BCUT2D eigenvalue weighted by atomic mass is 10.0. The van der Waals surface area contributed by atoms with Gasteiger partial charge in [-0.25, -0.2) is 4.57 Å². The summed E-state index contributed by atoms with van der Waals surface area (Å²) in [5.74, 6) is -0.222. The molecule has 0 aromatic rings. The van der Waals surface area contributed by atoms with Crippen molar-refractivity contribution in [3.8, 4) is 0 Å². The van der Waals surface area contributed by atoms with Crippen LogP contribution < -0.4 is 11.1 Å². The van der Waals surface area contributed by atoms with E-state index >= 15 is 0 Å². The number of aliphatic hydroxyl groups excluding tert-OH is 1. The summed E-state index contributed by atoms with van der Waals surface area (Å²) < 4.78 is 22.2. The van der Waals surface area contributed by atoms with E-state index in [-0.39, 0.29) is 25.7 Å². The first-order valence-corrected chi connectivity index (χ1v) is 24.7. The molecule has 58 heavy (non-hydrogen) atoms. The molecule has 3 unspecified atom stereocenters. The van der Waals surface area contributed by atoms with E-state index in [1.807, 2.05) is 6.08 Å². The van der Waals surface area contributed by atoms with E-state index in [2.05, 4.69) is 92.1 Å². The first kappa shape index (κ1) is 55.7. The van der Waals surface area contributed by atoms with E-state index in [0.717, 1.165) is 89.9 Å². The van der Waals surface area contributed by atoms with Gasteiger partial charge in [0.1, 0.15) is 0 Å². The fourth-order valence-corrected chi connectivity index (χ4v) is 7.01. The Morgan fingerprint density at radius 3 is 1.47 bits per heavy atom. The quantitative estimate of drug-likeness (QED) is 0.0274. The number of allylic oxidation sites excluding steroid dienone is 13. The van der Waals surface area contributed by atoms with Crippen LogP contribution in [0.3, 0.4) is 0 Å². The Balaban J connectivity index is 4.26. The number of nitrogens with two attached hydrogens (primary N) is 1. The third kappa shape index (κ3) is 41.8. The number of unbranched alkanes of at least 4 members (excludes halogenated alkanes) is 18. The maximum absolute atomic E-state index is 12.8. The Morgan fingerprint density at radius 2 is 1.00 bits per heavy atom. The van der Waals surface area contributed by atoms with Gasteiger partial charge in [-0.2, -0.15) is 0 Å². The molecule has 1 amide bonds. The Bertz CT molecular complexity index is 1180. The molecule has 8 nitrogen and oxygen atoms in total. The van der Waals surface area contributed by atoms with Crippen LogP contribution in [0.15, 0.2) is 85.1 Å². The molecule has 0 fully saturated rings. The number of carbonyl (C=O) groups excluding carboxylic acids is 1. The second-order valence-corrected chi connectivity index (χ2v) is 16.7. The summed E-state index contributed by atoms with van der Waals surface area (Å²) in [4.78, 5) is 22.7. The minimum atomic E-state index is -4.35. The molecule has 0 heterocycles. The van der Waals surface area contributed by atoms with Crippen molar-refractivity contribution < 1.29 is 28.4 Å². The van der Waals surface area contributed by atoms with Gasteiger partial charge >= 0.3 is 7.82 Å². The molecule has 0 saturated heterocycles. The smallest absolute Gasteiger partial charge is 0.387 e. The highest BCUT2D eigenvalue weighted by Gasteiger charge is 2.26. The summed E-state index contributed by atoms with van der Waals surface area (Å²) in [5.41, 5.74) is 5.38. The molecular formula is C49H87N2O6P. The van der Waals surface area contributed by atoms with Gasteiger partial charge in [0.15, 0.2) is 0 Å². The Hall–Kier alpha value is -2.32. The highest BCUT2D eigenvalue weighted by molar-refractivity contribution is 7.47. The van der Waals surface area contributed by atoms with Gasteiger partial charge in [-0.3, -0.25) is 13.8 Å². The third-order valence-electron chi connectivity index (χ3n) is 9.73. The number of rotatable bonds is 42. The molecule has 0 aromatic heterocycles. The van der Waals surface area contributed by atoms with Crippen LogP contribution in [0.2, 0.25) is 0 Å². The lowest BCUT2D eigenvalue weighted by Gasteiger charge is -2.23. The molecular weight excluding hydrogens is 744 g/mol. The molecule has 0 saturated carbocycles. The number of nitrogens with one attached hydrogen (secondary N) is 1. The molecule has 0 bridgehead atoms. The normalized spacial score (nSPS) is 14.8. The van der Waals surface area contributed by atoms with Gasteiger partial charge in [-0.15, -0.1) is 0 Å². The van der Waals surface area contributed by atoms with E-state index in [1.165, 1.54) is 77.0 Å². The molecule has 0 aliphatic heterocycles. The molecule has 5 N–H and O–H groups in total. The molecule has 0 spiro atoms. The van der Waals surface area contributed by atoms with Crippen LogP contribution in [0.5, 0.6) is 0 Å². The van der Waals surface area contributed by atoms with Gasteiger partial charge in [-0.05, 0) is 70.6 Å². The van der Waals surface area contributed by atoms with Crippen molar-refractivity contribution in [2.75, 3.05) is 19.8 Å². The van der Waals surface area contributed by atoms with Gasteiger partial charge in [0.2, 0.25) is 5.91 Å². The molecule has 334 valence electrons. The second kappa shape index (κ2) is 44.2. The summed E-state index contributed by atoms with van der Waals surface area (Å²) in [5, 5.41) is 13.7. The molecule has 0 aliphatic carbocycles. The summed E-state index contributed by atoms with van der Waals surface area (Å²) in [7, 11) is -4.35. The number of carbonyl (C=O) groups is 1. The standard InChI is InChI=1S/C49H87N2O6P/c1-3-5-7-9-11-13-15-17-19-21-22-23-24-25-26-27-29-31-33-35-37-39-41-43-49(53)51-47(46-57-58(54,55)56-45-44-50)48(52)42-40-38-36-34-32-30-28-20-18-16-14-12-10-8-6-4-2/h5,7,11,13,17,19,22-23,25-26,29,31,40,42,47-48,52H,3-4,6,8-10,12,14-16,18,20-21,24,27-28,30,32-39,41,43-46,50H2,1-2H3,(H,51,53)(H,54,55)/b7-5-,13-11-,19-17-,23-22-,26-25-,31-29-,42-40+. The lowest BCUT2D eigenvalue weighted by Crippen LogP contribution is -2.45. The zero-order valence-electron chi connectivity index (χ0n) is 37.0. The molecule has 0 aromatic carbocycles. The van der Waals surface area contributed by atoms with Crippen molar-refractivity contribution in [2.24, 2.45) is 5.73 Å². The highest BCUT2D eigenvalue weighted by Crippen LogP contribution is 2.43. The first-order chi connectivity index (χ1) is 28.4. The Kier molecular flexibility index (Phi) is 42.5. The average molecular weight is 831 g/mol. The summed E-state index contributed by atoms with van der Waals surface area (Å²) in [6.07, 6.45) is 59.1. The van der Waals surface area contributed by atoms with E-state index in [4.69, 9.17) is 14.8 Å². The van der Waals surface area contributed by atoms with Crippen molar-refractivity contribution in [1.29, 1.82) is 0 Å². The highest BCUT2D eigenvalue weighted by atomic mass is 31.2. The molecule has 0 rings (SSSR count). The Morgan fingerprint density at radius 1 is 0.586 bits per heavy atom. The zero-order chi connectivity index (χ0) is 42.5. The second-order valence-electron chi connectivity index (χ2n) is 15.2. The van der Waals surface area contributed by atoms with Crippen LogP contribution in [0, 0.1) is 0 Å². The summed E-state index contributed by atoms with van der Waals surface area (Å²) in [6, 6.07) is -0.879. The SMILES string of the molecule is CC/C=C\C/C=C\C/C=C\C/C=C\C/C=C\C/C=C\CCCCCCC(=O)NC(COP(=O)(O)OCCN)C(O)/C=C/CCCCCCCCCCCCCCCC. The van der Waals surface area contributed by atoms with Gasteiger partial charge in [0.25, 0.3) is 0 Å². The van der Waals surface area contributed by atoms with E-state index in [0.29, 0.717) is 6.42 Å². The predicted octanol–water partition coefficient (Wildman–Crippen LogP) is 13.4. The maximum atomic E-state index is 12.8. The van der Waals surface area contributed by atoms with Crippen molar-refractivity contribution in [3.63, 3.8) is 0 Å². The number of aliphatic hydroxyl groups is 1. The van der Waals surface area contributed by atoms with Gasteiger partial charge in [0, 0.05) is 13.0 Å². The monoisotopic (exact) mass is 831 g/mol. The van der Waals surface area contributed by atoms with Crippen LogP contribution in [0.25, 0.3) is 0 Å². The number of amides is 1. The van der Waals surface area contributed by atoms with Gasteiger partial charge in [0.05, 0.1) is 25.4 Å². The topological polar surface area (TPSA) is 131 Å². The summed E-state index contributed by atoms with van der Waals surface area (Å²) in [6.45, 7) is 3.99. The van der Waals surface area contributed by atoms with E-state index in [9.17, 15) is 19.4 Å². The molecule has 0 radical (unpaired) electrons. The molecule has 3 atom stereocenters. The van der Waals surface area contributed by atoms with Crippen LogP contribution in [0.4, 0.5) is 0 Å². The summed E-state index contributed by atoms with van der Waals surface area (Å²) >= 11 is 0. The maximum Gasteiger partial charge on any atom is 0.472 e. The van der Waals surface area contributed by atoms with Crippen molar-refractivity contribution in [1.82, 2.24) is 5.32 Å². The Labute approximate surface area is 356 Å².